The lowest BCUT2D eigenvalue weighted by molar-refractivity contribution is -0.456. The fourth-order valence-electron chi connectivity index (χ4n) is 4.83. The van der Waals surface area contributed by atoms with Crippen molar-refractivity contribution in [3.05, 3.63) is 0 Å². The third-order valence-electron chi connectivity index (χ3n) is 6.09. The summed E-state index contributed by atoms with van der Waals surface area (Å²) in [7, 11) is -6.93. The number of ether oxygens (including phenoxy) is 2. The van der Waals surface area contributed by atoms with Gasteiger partial charge in [0.1, 0.15) is 0 Å². The molecule has 1 N–H and O–H groups in total. The maximum absolute atomic E-state index is 13.7. The zero-order chi connectivity index (χ0) is 24.6. The summed E-state index contributed by atoms with van der Waals surface area (Å²) in [5.41, 5.74) is -0.112. The summed E-state index contributed by atoms with van der Waals surface area (Å²) in [6.45, 7) is 1.95. The average molecular weight is 506 g/mol. The van der Waals surface area contributed by atoms with Crippen LogP contribution >= 0.6 is 0 Å². The molecule has 2 bridgehead atoms. The van der Waals surface area contributed by atoms with Crippen molar-refractivity contribution in [1.82, 2.24) is 0 Å². The molecule has 0 saturated heterocycles. The first kappa shape index (κ1) is 27.5. The topological polar surface area (TPSA) is 72.8 Å². The highest BCUT2D eigenvalue weighted by Gasteiger charge is 2.73. The molecule has 2 fully saturated rings. The van der Waals surface area contributed by atoms with Gasteiger partial charge in [-0.15, -0.1) is 0 Å². The molecule has 2 aliphatic rings. The van der Waals surface area contributed by atoms with Gasteiger partial charge in [0.15, 0.2) is 0 Å². The molecule has 0 aliphatic heterocycles. The summed E-state index contributed by atoms with van der Waals surface area (Å²) in [5.74, 6) is -4.32. The summed E-state index contributed by atoms with van der Waals surface area (Å²) in [6.07, 6.45) is -9.33. The summed E-state index contributed by atoms with van der Waals surface area (Å²) in [5, 5.41) is -6.57. The Labute approximate surface area is 180 Å². The van der Waals surface area contributed by atoms with Crippen LogP contribution in [0, 0.1) is 17.3 Å². The molecule has 32 heavy (non-hydrogen) atoms. The van der Waals surface area contributed by atoms with Gasteiger partial charge in [-0.2, -0.15) is 43.5 Å². The molecule has 0 amide bonds. The van der Waals surface area contributed by atoms with E-state index in [2.05, 4.69) is 11.7 Å². The largest absolute Gasteiger partial charge is 0.460 e. The van der Waals surface area contributed by atoms with E-state index < -0.39 is 53.0 Å². The molecule has 3 atom stereocenters. The molecule has 2 aliphatic carbocycles. The second-order valence-corrected chi connectivity index (χ2v) is 10.5. The quantitative estimate of drug-likeness (QED) is 0.221. The zero-order valence-corrected chi connectivity index (χ0v) is 18.1. The van der Waals surface area contributed by atoms with E-state index in [0.717, 1.165) is 38.5 Å². The molecular formula is C18H26F8O5S. The fourth-order valence-corrected chi connectivity index (χ4v) is 5.17. The summed E-state index contributed by atoms with van der Waals surface area (Å²) in [6, 6.07) is 0. The van der Waals surface area contributed by atoms with E-state index in [0.29, 0.717) is 11.8 Å². The Hall–Kier alpha value is -0.730. The fraction of sp³-hybridized carbons (Fsp3) is 1.00. The maximum Gasteiger partial charge on any atom is 0.460 e. The van der Waals surface area contributed by atoms with Crippen LogP contribution in [-0.4, -0.2) is 49.6 Å². The Balaban J connectivity index is 1.89. The zero-order valence-electron chi connectivity index (χ0n) is 17.2. The van der Waals surface area contributed by atoms with E-state index in [1.807, 2.05) is 0 Å². The standard InChI is InChI=1S/C18H26F8O5S/c1-12-8-13-4-2-5-14(9-12,10-13)11-30-7-3-6-15(19,20)16(21,22)31-17(23,24)18(25,26)32(27,28)29/h12-13H,2-11H2,1H3,(H,27,28,29)/t12?,13-,14-/m1/s1. The highest BCUT2D eigenvalue weighted by molar-refractivity contribution is 7.86. The molecule has 0 radical (unpaired) electrons. The number of fused-ring (bicyclic) bond motifs is 2. The second kappa shape index (κ2) is 9.14. The van der Waals surface area contributed by atoms with E-state index >= 15 is 0 Å². The van der Waals surface area contributed by atoms with Gasteiger partial charge in [0, 0.05) is 13.0 Å². The van der Waals surface area contributed by atoms with Gasteiger partial charge in [-0.3, -0.25) is 4.55 Å². The van der Waals surface area contributed by atoms with Crippen LogP contribution in [-0.2, 0) is 19.6 Å². The number of alkyl halides is 8. The van der Waals surface area contributed by atoms with Gasteiger partial charge in [0.25, 0.3) is 0 Å². The van der Waals surface area contributed by atoms with Gasteiger partial charge in [-0.05, 0) is 49.4 Å². The highest BCUT2D eigenvalue weighted by Crippen LogP contribution is 2.51. The molecule has 0 aromatic rings. The smallest absolute Gasteiger partial charge is 0.381 e. The predicted octanol–water partition coefficient (Wildman–Crippen LogP) is 5.71. The van der Waals surface area contributed by atoms with Gasteiger partial charge in [-0.25, -0.2) is 4.74 Å². The minimum Gasteiger partial charge on any atom is -0.381 e. The molecule has 190 valence electrons. The lowest BCUT2D eigenvalue weighted by Crippen LogP contribution is -2.55. The molecular weight excluding hydrogens is 480 g/mol. The third kappa shape index (κ3) is 5.84. The normalized spacial score (nSPS) is 28.1. The van der Waals surface area contributed by atoms with E-state index in [9.17, 15) is 43.5 Å². The van der Waals surface area contributed by atoms with Crippen LogP contribution in [0.3, 0.4) is 0 Å². The third-order valence-corrected chi connectivity index (χ3v) is 6.98. The number of hydrogen-bond acceptors (Lipinski definition) is 4. The number of rotatable bonds is 11. The Morgan fingerprint density at radius 3 is 2.25 bits per heavy atom. The van der Waals surface area contributed by atoms with E-state index in [-0.39, 0.29) is 12.0 Å². The Morgan fingerprint density at radius 2 is 1.66 bits per heavy atom. The lowest BCUT2D eigenvalue weighted by Gasteiger charge is -2.47. The Bertz CT molecular complexity index is 756. The first-order valence-electron chi connectivity index (χ1n) is 10.1. The van der Waals surface area contributed by atoms with E-state index in [1.165, 1.54) is 0 Å². The molecule has 14 heteroatoms. The molecule has 0 aromatic heterocycles. The summed E-state index contributed by atoms with van der Waals surface area (Å²) in [4.78, 5) is 0. The van der Waals surface area contributed by atoms with Crippen molar-refractivity contribution in [2.24, 2.45) is 17.3 Å². The molecule has 5 nitrogen and oxygen atoms in total. The van der Waals surface area contributed by atoms with Crippen molar-refractivity contribution in [3.8, 4) is 0 Å². The van der Waals surface area contributed by atoms with Crippen LogP contribution in [0.2, 0.25) is 0 Å². The average Bonchev–Trinajstić information content (AvgIpc) is 2.58. The van der Waals surface area contributed by atoms with Crippen LogP contribution < -0.4 is 0 Å². The Morgan fingerprint density at radius 1 is 1.03 bits per heavy atom. The van der Waals surface area contributed by atoms with E-state index in [1.54, 1.807) is 0 Å². The van der Waals surface area contributed by atoms with Crippen LogP contribution in [0.5, 0.6) is 0 Å². The highest BCUT2D eigenvalue weighted by atomic mass is 32.2. The minimum absolute atomic E-state index is 0.112. The number of halogens is 8. The molecule has 2 saturated carbocycles. The van der Waals surface area contributed by atoms with Crippen molar-refractivity contribution in [1.29, 1.82) is 0 Å². The molecule has 0 spiro atoms. The Kier molecular flexibility index (Phi) is 7.86. The van der Waals surface area contributed by atoms with E-state index in [4.69, 9.17) is 9.29 Å². The monoisotopic (exact) mass is 506 g/mol. The molecule has 0 aromatic carbocycles. The van der Waals surface area contributed by atoms with Crippen molar-refractivity contribution >= 4 is 10.1 Å². The number of hydrogen-bond donors (Lipinski definition) is 1. The molecule has 0 heterocycles. The van der Waals surface area contributed by atoms with Crippen LogP contribution in [0.25, 0.3) is 0 Å². The van der Waals surface area contributed by atoms with Crippen molar-refractivity contribution < 1.29 is 57.6 Å². The van der Waals surface area contributed by atoms with Crippen LogP contribution in [0.1, 0.15) is 58.3 Å². The van der Waals surface area contributed by atoms with Gasteiger partial charge in [-0.1, -0.05) is 19.8 Å². The van der Waals surface area contributed by atoms with Crippen molar-refractivity contribution in [2.75, 3.05) is 13.2 Å². The van der Waals surface area contributed by atoms with Gasteiger partial charge in [0.2, 0.25) is 0 Å². The SMILES string of the molecule is CC1C[C@H]2CCC[C@@](COCCCC(F)(F)C(F)(F)OC(F)(F)C(F)(F)S(=O)(=O)O)(C1)C2. The molecule has 2 rings (SSSR count). The van der Waals surface area contributed by atoms with Crippen LogP contribution in [0.15, 0.2) is 0 Å². The second-order valence-electron chi connectivity index (χ2n) is 9.00. The van der Waals surface area contributed by atoms with Gasteiger partial charge in [0.05, 0.1) is 6.61 Å². The molecule has 1 unspecified atom stereocenters. The first-order valence-corrected chi connectivity index (χ1v) is 11.5. The van der Waals surface area contributed by atoms with Crippen molar-refractivity contribution in [2.45, 2.75) is 81.7 Å². The maximum atomic E-state index is 13.7. The first-order chi connectivity index (χ1) is 14.3. The summed E-state index contributed by atoms with van der Waals surface area (Å²) >= 11 is 0. The minimum atomic E-state index is -6.93. The lowest BCUT2D eigenvalue weighted by atomic mass is 9.59. The van der Waals surface area contributed by atoms with Crippen molar-refractivity contribution in [3.63, 3.8) is 0 Å². The summed E-state index contributed by atoms with van der Waals surface area (Å²) < 4.78 is 143. The predicted molar refractivity (Wildman–Crippen MR) is 95.3 cm³/mol. The van der Waals surface area contributed by atoms with Gasteiger partial charge >= 0.3 is 33.5 Å². The van der Waals surface area contributed by atoms with Gasteiger partial charge < -0.3 is 4.74 Å². The van der Waals surface area contributed by atoms with Crippen LogP contribution in [0.4, 0.5) is 35.1 Å².